The minimum Gasteiger partial charge on any atom is -0.325 e. The Balaban J connectivity index is 1.71. The molecule has 0 aliphatic heterocycles. The number of anilines is 1. The highest BCUT2D eigenvalue weighted by molar-refractivity contribution is 8.01. The van der Waals surface area contributed by atoms with Crippen molar-refractivity contribution in [2.24, 2.45) is 0 Å². The molecule has 1 N–H and O–H groups in total. The number of nitrogens with zero attached hydrogens (tertiary/aromatic N) is 2. The van der Waals surface area contributed by atoms with Crippen molar-refractivity contribution in [1.82, 2.24) is 9.29 Å². The third-order valence-corrected chi connectivity index (χ3v) is 8.94. The van der Waals surface area contributed by atoms with Crippen molar-refractivity contribution in [3.05, 3.63) is 47.0 Å². The molecule has 0 aliphatic rings. The summed E-state index contributed by atoms with van der Waals surface area (Å²) in [6, 6.07) is 10.3. The average molecular weight is 484 g/mol. The molecule has 0 bridgehead atoms. The lowest BCUT2D eigenvalue weighted by Crippen LogP contribution is -2.30. The number of aryl methyl sites for hydroxylation is 1. The molecule has 1 amide bonds. The number of hydrogen-bond acceptors (Lipinski definition) is 6. The van der Waals surface area contributed by atoms with Gasteiger partial charge in [-0.05, 0) is 42.8 Å². The summed E-state index contributed by atoms with van der Waals surface area (Å²) < 4.78 is 28.7. The molecule has 30 heavy (non-hydrogen) atoms. The second kappa shape index (κ2) is 9.65. The van der Waals surface area contributed by atoms with E-state index in [1.165, 1.54) is 33.5 Å². The molecule has 0 saturated carbocycles. The molecule has 1 aromatic heterocycles. The average Bonchev–Trinajstić information content (AvgIpc) is 3.10. The zero-order valence-electron chi connectivity index (χ0n) is 16.8. The van der Waals surface area contributed by atoms with Gasteiger partial charge in [0.25, 0.3) is 0 Å². The SMILES string of the molecule is CCN(CC)S(=O)(=O)c1ccc(C)c(NC(=O)CSc2nc3cc(Cl)ccc3s2)c1. The van der Waals surface area contributed by atoms with Crippen LogP contribution in [0.1, 0.15) is 19.4 Å². The summed E-state index contributed by atoms with van der Waals surface area (Å²) in [6.45, 7) is 6.20. The van der Waals surface area contributed by atoms with Crippen LogP contribution in [0.3, 0.4) is 0 Å². The van der Waals surface area contributed by atoms with Crippen molar-refractivity contribution < 1.29 is 13.2 Å². The van der Waals surface area contributed by atoms with Gasteiger partial charge in [0.1, 0.15) is 0 Å². The van der Waals surface area contributed by atoms with Gasteiger partial charge in [-0.25, -0.2) is 13.4 Å². The first-order valence-electron chi connectivity index (χ1n) is 9.34. The van der Waals surface area contributed by atoms with E-state index in [9.17, 15) is 13.2 Å². The van der Waals surface area contributed by atoms with Crippen LogP contribution in [-0.4, -0.2) is 42.5 Å². The van der Waals surface area contributed by atoms with Gasteiger partial charge in [0.15, 0.2) is 4.34 Å². The molecule has 0 spiro atoms. The summed E-state index contributed by atoms with van der Waals surface area (Å²) >= 11 is 8.82. The highest BCUT2D eigenvalue weighted by atomic mass is 35.5. The standard InChI is InChI=1S/C20H22ClN3O3S3/c1-4-24(5-2)30(26,27)15-8-6-13(3)16(11-15)22-19(25)12-28-20-23-17-10-14(21)7-9-18(17)29-20/h6-11H,4-5,12H2,1-3H3,(H,22,25). The molecule has 3 aromatic rings. The number of hydrogen-bond donors (Lipinski definition) is 1. The van der Waals surface area contributed by atoms with Crippen molar-refractivity contribution in [3.8, 4) is 0 Å². The number of rotatable bonds is 8. The van der Waals surface area contributed by atoms with Crippen LogP contribution in [0.4, 0.5) is 5.69 Å². The van der Waals surface area contributed by atoms with E-state index in [0.717, 1.165) is 20.1 Å². The smallest absolute Gasteiger partial charge is 0.243 e. The Morgan fingerprint density at radius 2 is 1.93 bits per heavy atom. The van der Waals surface area contributed by atoms with Crippen LogP contribution in [0, 0.1) is 6.92 Å². The van der Waals surface area contributed by atoms with Crippen LogP contribution in [-0.2, 0) is 14.8 Å². The first-order chi connectivity index (χ1) is 14.2. The molecule has 2 aromatic carbocycles. The summed E-state index contributed by atoms with van der Waals surface area (Å²) in [7, 11) is -3.59. The zero-order chi connectivity index (χ0) is 21.9. The van der Waals surface area contributed by atoms with E-state index in [4.69, 9.17) is 11.6 Å². The van der Waals surface area contributed by atoms with Gasteiger partial charge < -0.3 is 5.32 Å². The Bertz CT molecular complexity index is 1170. The lowest BCUT2D eigenvalue weighted by molar-refractivity contribution is -0.113. The van der Waals surface area contributed by atoms with Crippen LogP contribution in [0.15, 0.2) is 45.6 Å². The zero-order valence-corrected chi connectivity index (χ0v) is 20.0. The molecular weight excluding hydrogens is 462 g/mol. The number of thiazole rings is 1. The summed E-state index contributed by atoms with van der Waals surface area (Å²) in [6.07, 6.45) is 0. The number of amides is 1. The first-order valence-corrected chi connectivity index (χ1v) is 13.0. The van der Waals surface area contributed by atoms with E-state index < -0.39 is 10.0 Å². The van der Waals surface area contributed by atoms with Crippen molar-refractivity contribution >= 4 is 66.5 Å². The maximum absolute atomic E-state index is 12.8. The van der Waals surface area contributed by atoms with Gasteiger partial charge in [-0.2, -0.15) is 4.31 Å². The Morgan fingerprint density at radius 1 is 1.20 bits per heavy atom. The van der Waals surface area contributed by atoms with Gasteiger partial charge in [0, 0.05) is 23.8 Å². The molecule has 0 atom stereocenters. The van der Waals surface area contributed by atoms with Gasteiger partial charge in [-0.3, -0.25) is 4.79 Å². The highest BCUT2D eigenvalue weighted by Gasteiger charge is 2.22. The molecule has 0 fully saturated rings. The molecule has 0 saturated heterocycles. The maximum atomic E-state index is 12.8. The van der Waals surface area contributed by atoms with E-state index in [2.05, 4.69) is 10.3 Å². The number of nitrogens with one attached hydrogen (secondary N) is 1. The first kappa shape index (κ1) is 23.0. The lowest BCUT2D eigenvalue weighted by Gasteiger charge is -2.19. The molecule has 160 valence electrons. The minimum absolute atomic E-state index is 0.167. The van der Waals surface area contributed by atoms with Crippen LogP contribution in [0.2, 0.25) is 5.02 Å². The molecule has 3 rings (SSSR count). The number of sulfonamides is 1. The van der Waals surface area contributed by atoms with E-state index in [1.54, 1.807) is 32.0 Å². The van der Waals surface area contributed by atoms with E-state index >= 15 is 0 Å². The molecule has 0 radical (unpaired) electrons. The monoisotopic (exact) mass is 483 g/mol. The van der Waals surface area contributed by atoms with Crippen molar-refractivity contribution in [1.29, 1.82) is 0 Å². The normalized spacial score (nSPS) is 11.9. The molecule has 0 aliphatic carbocycles. The fourth-order valence-corrected chi connectivity index (χ4v) is 6.36. The van der Waals surface area contributed by atoms with Crippen molar-refractivity contribution in [2.75, 3.05) is 24.2 Å². The second-order valence-electron chi connectivity index (χ2n) is 6.49. The fourth-order valence-electron chi connectivity index (χ4n) is 2.86. The van der Waals surface area contributed by atoms with E-state index in [-0.39, 0.29) is 16.6 Å². The number of carbonyl (C=O) groups is 1. The van der Waals surface area contributed by atoms with Gasteiger partial charge in [0.2, 0.25) is 15.9 Å². The molecule has 1 heterocycles. The Hall–Kier alpha value is -1.65. The number of benzene rings is 2. The van der Waals surface area contributed by atoms with Crippen LogP contribution < -0.4 is 5.32 Å². The number of carbonyl (C=O) groups excluding carboxylic acids is 1. The van der Waals surface area contributed by atoms with Gasteiger partial charge in [-0.1, -0.05) is 43.3 Å². The largest absolute Gasteiger partial charge is 0.325 e. The minimum atomic E-state index is -3.59. The van der Waals surface area contributed by atoms with Crippen molar-refractivity contribution in [2.45, 2.75) is 30.0 Å². The molecular formula is C20H22ClN3O3S3. The molecule has 10 heteroatoms. The predicted molar refractivity (Wildman–Crippen MR) is 125 cm³/mol. The third kappa shape index (κ3) is 5.15. The van der Waals surface area contributed by atoms with E-state index in [0.29, 0.717) is 23.8 Å². The Kier molecular flexibility index (Phi) is 7.41. The van der Waals surface area contributed by atoms with Crippen LogP contribution >= 0.6 is 34.7 Å². The van der Waals surface area contributed by atoms with Crippen LogP contribution in [0.5, 0.6) is 0 Å². The topological polar surface area (TPSA) is 79.4 Å². The number of halogens is 1. The Labute approximate surface area is 189 Å². The summed E-state index contributed by atoms with van der Waals surface area (Å²) in [5.41, 5.74) is 2.09. The molecule has 6 nitrogen and oxygen atoms in total. The number of fused-ring (bicyclic) bond motifs is 1. The van der Waals surface area contributed by atoms with E-state index in [1.807, 2.05) is 19.1 Å². The quantitative estimate of drug-likeness (QED) is 0.455. The third-order valence-electron chi connectivity index (χ3n) is 4.48. The summed E-state index contributed by atoms with van der Waals surface area (Å²) in [5, 5.41) is 3.45. The highest BCUT2D eigenvalue weighted by Crippen LogP contribution is 2.31. The summed E-state index contributed by atoms with van der Waals surface area (Å²) in [5.74, 6) is -0.0576. The lowest BCUT2D eigenvalue weighted by atomic mass is 10.2. The number of aromatic nitrogens is 1. The number of thioether (sulfide) groups is 1. The van der Waals surface area contributed by atoms with Gasteiger partial charge in [-0.15, -0.1) is 11.3 Å². The predicted octanol–water partition coefficient (Wildman–Crippen LogP) is 5.02. The fraction of sp³-hybridized carbons (Fsp3) is 0.300. The maximum Gasteiger partial charge on any atom is 0.243 e. The summed E-state index contributed by atoms with van der Waals surface area (Å²) in [4.78, 5) is 17.1. The van der Waals surface area contributed by atoms with Crippen molar-refractivity contribution in [3.63, 3.8) is 0 Å². The van der Waals surface area contributed by atoms with Crippen LogP contribution in [0.25, 0.3) is 10.2 Å². The van der Waals surface area contributed by atoms with Gasteiger partial charge >= 0.3 is 0 Å². The second-order valence-corrected chi connectivity index (χ2v) is 11.1. The van der Waals surface area contributed by atoms with Gasteiger partial charge in [0.05, 0.1) is 20.9 Å². The molecule has 0 unspecified atom stereocenters. The Morgan fingerprint density at radius 3 is 2.63 bits per heavy atom.